The molecule has 1 saturated heterocycles. The maximum atomic E-state index is 12.4. The molecule has 3 atom stereocenters. The van der Waals surface area contributed by atoms with Crippen molar-refractivity contribution < 1.29 is 33.7 Å². The number of imidazole rings is 1. The number of ether oxygens (including phenoxy) is 2. The maximum Gasteiger partial charge on any atom is 0.500 e. The summed E-state index contributed by atoms with van der Waals surface area (Å²) in [6.07, 6.45) is 1.96. The lowest BCUT2D eigenvalue weighted by atomic mass is 10.2. The van der Waals surface area contributed by atoms with Crippen molar-refractivity contribution in [1.29, 1.82) is 0 Å². The zero-order valence-electron chi connectivity index (χ0n) is 20.6. The van der Waals surface area contributed by atoms with Gasteiger partial charge in [-0.1, -0.05) is 0 Å². The molecule has 1 fully saturated rings. The van der Waals surface area contributed by atoms with Gasteiger partial charge in [-0.25, -0.2) is 15.0 Å². The van der Waals surface area contributed by atoms with Crippen LogP contribution >= 0.6 is 0 Å². The Labute approximate surface area is 200 Å². The molecule has 1 unspecified atom stereocenters. The third-order valence-electron chi connectivity index (χ3n) is 5.63. The highest BCUT2D eigenvalue weighted by atomic mass is 28.4. The number of anilines is 1. The van der Waals surface area contributed by atoms with Crippen LogP contribution in [0.1, 0.15) is 40.2 Å². The van der Waals surface area contributed by atoms with E-state index in [-0.39, 0.29) is 31.5 Å². The van der Waals surface area contributed by atoms with Crippen LogP contribution < -0.4 is 11.1 Å². The number of carbonyl (C=O) groups excluding carboxylic acids is 2. The summed E-state index contributed by atoms with van der Waals surface area (Å²) in [7, 11) is 1.94. The second kappa shape index (κ2) is 11.7. The number of hydrogen-bond acceptors (Lipinski definition) is 11. The first-order chi connectivity index (χ1) is 16.9. The predicted octanol–water partition coefficient (Wildman–Crippen LogP) is 0.792. The zero-order chi connectivity index (χ0) is 25.4. The normalized spacial score (nSPS) is 20.9. The monoisotopic (exact) mass is 497 g/mol. The SMILES string of the molecule is [2H]C[C@H]1O[C@@H](n2cnc3c(N)ncnc32)CC1OC(=O)CCC(=O)NCCC[Si](OC)(OC)OC. The fourth-order valence-corrected chi connectivity index (χ4v) is 5.42. The van der Waals surface area contributed by atoms with E-state index in [4.69, 9.17) is 29.9 Å². The van der Waals surface area contributed by atoms with Gasteiger partial charge in [0.1, 0.15) is 24.2 Å². The van der Waals surface area contributed by atoms with Crippen molar-refractivity contribution in [3.8, 4) is 0 Å². The van der Waals surface area contributed by atoms with Gasteiger partial charge < -0.3 is 33.8 Å². The number of nitrogens with one attached hydrogen (secondary N) is 1. The van der Waals surface area contributed by atoms with Crippen LogP contribution in [-0.4, -0.2) is 80.3 Å². The number of amides is 1. The number of nitrogen functional groups attached to an aromatic ring is 1. The van der Waals surface area contributed by atoms with E-state index < -0.39 is 33.2 Å². The third-order valence-corrected chi connectivity index (χ3v) is 8.46. The van der Waals surface area contributed by atoms with E-state index in [0.29, 0.717) is 36.6 Å². The van der Waals surface area contributed by atoms with Gasteiger partial charge in [-0.3, -0.25) is 14.2 Å². The molecular weight excluding hydrogens is 464 g/mol. The van der Waals surface area contributed by atoms with Gasteiger partial charge in [0.15, 0.2) is 11.5 Å². The lowest BCUT2D eigenvalue weighted by molar-refractivity contribution is -0.152. The summed E-state index contributed by atoms with van der Waals surface area (Å²) < 4.78 is 36.9. The summed E-state index contributed by atoms with van der Waals surface area (Å²) in [5.41, 5.74) is 6.78. The molecule has 13 nitrogen and oxygen atoms in total. The fourth-order valence-electron chi connectivity index (χ4n) is 3.70. The van der Waals surface area contributed by atoms with Crippen LogP contribution in [0.25, 0.3) is 11.2 Å². The molecule has 14 heteroatoms. The summed E-state index contributed by atoms with van der Waals surface area (Å²) in [6.45, 7) is 0.318. The molecule has 3 rings (SSSR count). The van der Waals surface area contributed by atoms with Gasteiger partial charge in [0, 0.05) is 48.1 Å². The molecule has 1 aliphatic heterocycles. The lowest BCUT2D eigenvalue weighted by Crippen LogP contribution is -2.43. The summed E-state index contributed by atoms with van der Waals surface area (Å²) in [5.74, 6) is -0.539. The Morgan fingerprint density at radius 3 is 2.74 bits per heavy atom. The Hall–Kier alpha value is -2.65. The Kier molecular flexibility index (Phi) is 8.39. The minimum absolute atomic E-state index is 0.00879. The van der Waals surface area contributed by atoms with Crippen LogP contribution in [0.15, 0.2) is 12.7 Å². The Bertz CT molecular complexity index is 999. The van der Waals surface area contributed by atoms with Crippen molar-refractivity contribution in [1.82, 2.24) is 24.8 Å². The van der Waals surface area contributed by atoms with E-state index in [0.717, 1.165) is 0 Å². The van der Waals surface area contributed by atoms with Crippen molar-refractivity contribution in [3.63, 3.8) is 0 Å². The molecule has 2 aromatic rings. The number of fused-ring (bicyclic) bond motifs is 1. The summed E-state index contributed by atoms with van der Waals surface area (Å²) in [5, 5.41) is 2.77. The van der Waals surface area contributed by atoms with E-state index in [1.54, 1.807) is 4.57 Å². The first-order valence-electron chi connectivity index (χ1n) is 11.6. The molecule has 0 aliphatic carbocycles. The number of nitrogens with zero attached hydrogens (tertiary/aromatic N) is 4. The van der Waals surface area contributed by atoms with Gasteiger partial charge in [-0.15, -0.1) is 0 Å². The molecular formula is C20H32N6O7Si. The van der Waals surface area contributed by atoms with Crippen LogP contribution in [0.5, 0.6) is 0 Å². The van der Waals surface area contributed by atoms with Crippen molar-refractivity contribution >= 4 is 37.7 Å². The number of rotatable bonds is 12. The number of aromatic nitrogens is 4. The topological polar surface area (TPSA) is 162 Å². The third kappa shape index (κ3) is 6.07. The van der Waals surface area contributed by atoms with Crippen molar-refractivity contribution in [2.45, 2.75) is 57.1 Å². The van der Waals surface area contributed by atoms with E-state index >= 15 is 0 Å². The minimum Gasteiger partial charge on any atom is -0.459 e. The van der Waals surface area contributed by atoms with Gasteiger partial charge >= 0.3 is 14.8 Å². The standard InChI is InChI=1S/C20H32N6O7Si/c1-13-14(10-16(32-13)26-12-25-18-19(21)23-11-24-20(18)26)33-17(28)7-6-15(27)22-8-5-9-34(29-2,30-3)31-4/h11-14,16H,5-10H2,1-4H3,(H,22,27)(H2,21,23,24)/t13-,14?,16-/m1/s1/i1D. The van der Waals surface area contributed by atoms with E-state index in [9.17, 15) is 9.59 Å². The molecule has 0 bridgehead atoms. The van der Waals surface area contributed by atoms with Crippen LogP contribution in [0.2, 0.25) is 6.04 Å². The van der Waals surface area contributed by atoms with Crippen LogP contribution in [0.4, 0.5) is 5.82 Å². The quantitative estimate of drug-likeness (QED) is 0.242. The molecule has 0 saturated carbocycles. The number of nitrogens with two attached hydrogens (primary N) is 1. The summed E-state index contributed by atoms with van der Waals surface area (Å²) in [4.78, 5) is 36.8. The second-order valence-electron chi connectivity index (χ2n) is 7.73. The van der Waals surface area contributed by atoms with Crippen molar-refractivity contribution in [2.24, 2.45) is 0 Å². The fraction of sp³-hybridized carbons (Fsp3) is 0.650. The minimum atomic E-state index is -2.67. The maximum absolute atomic E-state index is 12.4. The summed E-state index contributed by atoms with van der Waals surface area (Å²) >= 11 is 0. The Morgan fingerprint density at radius 1 is 1.26 bits per heavy atom. The summed E-state index contributed by atoms with van der Waals surface area (Å²) in [6, 6.07) is 0.557. The predicted molar refractivity (Wildman–Crippen MR) is 122 cm³/mol. The molecule has 1 aliphatic rings. The van der Waals surface area contributed by atoms with E-state index in [1.165, 1.54) is 34.0 Å². The highest BCUT2D eigenvalue weighted by Gasteiger charge is 2.38. The molecule has 188 valence electrons. The van der Waals surface area contributed by atoms with Crippen LogP contribution in [0, 0.1) is 0 Å². The molecule has 1 amide bonds. The highest BCUT2D eigenvalue weighted by Crippen LogP contribution is 2.33. The van der Waals surface area contributed by atoms with Crippen LogP contribution in [0.3, 0.4) is 0 Å². The number of hydrogen-bond donors (Lipinski definition) is 2. The molecule has 34 heavy (non-hydrogen) atoms. The van der Waals surface area contributed by atoms with Gasteiger partial charge in [-0.2, -0.15) is 0 Å². The van der Waals surface area contributed by atoms with E-state index in [2.05, 4.69) is 20.3 Å². The Balaban J connectivity index is 1.44. The smallest absolute Gasteiger partial charge is 0.459 e. The molecule has 3 N–H and O–H groups in total. The number of carbonyl (C=O) groups is 2. The molecule has 3 heterocycles. The second-order valence-corrected chi connectivity index (χ2v) is 10.8. The first kappa shape index (κ1) is 24.5. The van der Waals surface area contributed by atoms with Crippen molar-refractivity contribution in [2.75, 3.05) is 33.6 Å². The van der Waals surface area contributed by atoms with Gasteiger partial charge in [0.25, 0.3) is 0 Å². The number of esters is 1. The lowest BCUT2D eigenvalue weighted by Gasteiger charge is -2.24. The molecule has 0 radical (unpaired) electrons. The molecule has 2 aromatic heterocycles. The van der Waals surface area contributed by atoms with Gasteiger partial charge in [0.05, 0.1) is 18.9 Å². The van der Waals surface area contributed by atoms with Gasteiger partial charge in [-0.05, 0) is 13.3 Å². The van der Waals surface area contributed by atoms with Crippen molar-refractivity contribution in [3.05, 3.63) is 12.7 Å². The largest absolute Gasteiger partial charge is 0.500 e. The zero-order valence-corrected chi connectivity index (χ0v) is 20.6. The average molecular weight is 498 g/mol. The van der Waals surface area contributed by atoms with E-state index in [1.807, 2.05) is 0 Å². The highest BCUT2D eigenvalue weighted by molar-refractivity contribution is 6.60. The van der Waals surface area contributed by atoms with Crippen LogP contribution in [-0.2, 0) is 32.3 Å². The first-order valence-corrected chi connectivity index (χ1v) is 12.8. The molecule has 0 spiro atoms. The average Bonchev–Trinajstić information content (AvgIpc) is 3.48. The van der Waals surface area contributed by atoms with Gasteiger partial charge in [0.2, 0.25) is 5.91 Å². The Morgan fingerprint density at radius 2 is 2.03 bits per heavy atom. The molecule has 0 aromatic carbocycles.